The van der Waals surface area contributed by atoms with Gasteiger partial charge in [-0.3, -0.25) is 19.7 Å². The minimum absolute atomic E-state index is 0.0248. The molecule has 2 unspecified atom stereocenters. The highest BCUT2D eigenvalue weighted by Crippen LogP contribution is 2.28. The van der Waals surface area contributed by atoms with Gasteiger partial charge in [0.25, 0.3) is 0 Å². The molecule has 0 aliphatic carbocycles. The number of carboxylic acids is 1. The third-order valence-electron chi connectivity index (χ3n) is 4.99. The van der Waals surface area contributed by atoms with Gasteiger partial charge >= 0.3 is 12.1 Å². The summed E-state index contributed by atoms with van der Waals surface area (Å²) in [5.41, 5.74) is 8.28. The molecular formula is C21H24N4O6. The normalized spacial score (nSPS) is 18.8. The van der Waals surface area contributed by atoms with Crippen molar-refractivity contribution in [2.24, 2.45) is 16.6 Å². The number of carbonyl (C=O) groups is 3. The number of unbranched alkanes of at least 4 members (excludes halogenated alkanes) is 1. The first-order valence-electron chi connectivity index (χ1n) is 9.78. The first-order valence-corrected chi connectivity index (χ1v) is 9.78. The Kier molecular flexibility index (Phi) is 8.65. The quantitative estimate of drug-likeness (QED) is 0.330. The lowest BCUT2D eigenvalue weighted by molar-refractivity contribution is -0.191. The number of nitrogens with zero attached hydrogens (tertiary/aromatic N) is 1. The van der Waals surface area contributed by atoms with E-state index in [1.165, 1.54) is 0 Å². The Balaban J connectivity index is 0.00000107. The van der Waals surface area contributed by atoms with Gasteiger partial charge in [-0.15, -0.1) is 0 Å². The Morgan fingerprint density at radius 3 is 2.39 bits per heavy atom. The highest BCUT2D eigenvalue weighted by atomic mass is 16.4. The highest BCUT2D eigenvalue weighted by molar-refractivity contribution is 6.01. The second-order valence-electron chi connectivity index (χ2n) is 7.12. The minimum atomic E-state index is -0.836. The lowest BCUT2D eigenvalue weighted by atomic mass is 9.92. The number of nitrogens with two attached hydrogens (primary N) is 1. The molecule has 0 saturated heterocycles. The van der Waals surface area contributed by atoms with Gasteiger partial charge in [-0.1, -0.05) is 24.3 Å². The van der Waals surface area contributed by atoms with Gasteiger partial charge in [-0.2, -0.15) is 9.59 Å². The summed E-state index contributed by atoms with van der Waals surface area (Å²) in [6.45, 7) is 0. The number of benzene rings is 1. The Bertz CT molecular complexity index is 916. The standard InChI is InChI=1S/C20H24N4O4.CO2/c21-20-23-18-17(19(28)24-20)14(11-22-18)10-7-12-5-8-13(9-6-12)15(25)3-1-2-4-16(26)27;2-1-3/h5-6,8-9,11,17-18,22H,1-4,7,10H2,(H,26,27)(H3,21,23,24,28);. The van der Waals surface area contributed by atoms with Crippen LogP contribution in [0.15, 0.2) is 41.0 Å². The van der Waals surface area contributed by atoms with Crippen molar-refractivity contribution in [2.75, 3.05) is 0 Å². The summed E-state index contributed by atoms with van der Waals surface area (Å²) in [4.78, 5) is 55.2. The Hall–Kier alpha value is -3.78. The van der Waals surface area contributed by atoms with Gasteiger partial charge in [0.05, 0.1) is 0 Å². The van der Waals surface area contributed by atoms with Crippen molar-refractivity contribution < 1.29 is 29.1 Å². The first kappa shape index (κ1) is 23.5. The van der Waals surface area contributed by atoms with Crippen molar-refractivity contribution >= 4 is 29.8 Å². The van der Waals surface area contributed by atoms with Crippen LogP contribution in [0.5, 0.6) is 0 Å². The molecule has 1 aromatic carbocycles. The van der Waals surface area contributed by atoms with Crippen molar-refractivity contribution in [1.29, 1.82) is 0 Å². The van der Waals surface area contributed by atoms with Gasteiger partial charge in [0, 0.05) is 18.4 Å². The van der Waals surface area contributed by atoms with E-state index >= 15 is 0 Å². The van der Waals surface area contributed by atoms with E-state index < -0.39 is 5.97 Å². The van der Waals surface area contributed by atoms with E-state index in [2.05, 4.69) is 15.6 Å². The van der Waals surface area contributed by atoms with Crippen LogP contribution >= 0.6 is 0 Å². The number of hydrogen-bond donors (Lipinski definition) is 4. The zero-order valence-electron chi connectivity index (χ0n) is 16.8. The van der Waals surface area contributed by atoms with Crippen LogP contribution < -0.4 is 16.4 Å². The monoisotopic (exact) mass is 428 g/mol. The molecule has 2 atom stereocenters. The molecule has 2 heterocycles. The number of amides is 1. The number of rotatable bonds is 9. The molecule has 31 heavy (non-hydrogen) atoms. The average Bonchev–Trinajstić information content (AvgIpc) is 3.13. The smallest absolute Gasteiger partial charge is 0.373 e. The molecule has 0 radical (unpaired) electrons. The van der Waals surface area contributed by atoms with Crippen LogP contribution in [-0.2, 0) is 25.6 Å². The fraction of sp³-hybridized carbons (Fsp3) is 0.381. The number of Topliss-reactive ketones (excluding diaryl/α,β-unsaturated/α-hetero) is 1. The summed E-state index contributed by atoms with van der Waals surface area (Å²) >= 11 is 0. The van der Waals surface area contributed by atoms with Gasteiger partial charge in [-0.05, 0) is 43.0 Å². The van der Waals surface area contributed by atoms with E-state index in [9.17, 15) is 14.4 Å². The SMILES string of the molecule is NC1=NC2NC=C(CCc3ccc(C(=O)CCCCC(=O)O)cc3)C2C(=O)N1.O=C=O. The molecule has 10 nitrogen and oxygen atoms in total. The maximum atomic E-state index is 12.2. The van der Waals surface area contributed by atoms with Gasteiger partial charge in [0.15, 0.2) is 11.7 Å². The predicted molar refractivity (Wildman–Crippen MR) is 108 cm³/mol. The lowest BCUT2D eigenvalue weighted by Gasteiger charge is -2.24. The number of nitrogens with one attached hydrogen (secondary N) is 2. The molecule has 0 fully saturated rings. The summed E-state index contributed by atoms with van der Waals surface area (Å²) < 4.78 is 0. The number of hydrogen-bond acceptors (Lipinski definition) is 8. The maximum absolute atomic E-state index is 12.2. The van der Waals surface area contributed by atoms with Crippen LogP contribution in [0.2, 0.25) is 0 Å². The number of aliphatic carboxylic acids is 1. The van der Waals surface area contributed by atoms with Crippen molar-refractivity contribution in [3.63, 3.8) is 0 Å². The van der Waals surface area contributed by atoms with E-state index in [0.717, 1.165) is 17.6 Å². The van der Waals surface area contributed by atoms with Crippen LogP contribution in [0, 0.1) is 5.92 Å². The average molecular weight is 428 g/mol. The number of fused-ring (bicyclic) bond motifs is 1. The van der Waals surface area contributed by atoms with Gasteiger partial charge < -0.3 is 16.2 Å². The zero-order valence-corrected chi connectivity index (χ0v) is 16.8. The van der Waals surface area contributed by atoms with Crippen molar-refractivity contribution in [3.05, 3.63) is 47.2 Å². The second-order valence-corrected chi connectivity index (χ2v) is 7.12. The molecular weight excluding hydrogens is 404 g/mol. The first-order chi connectivity index (χ1) is 14.8. The minimum Gasteiger partial charge on any atom is -0.481 e. The number of carboxylic acid groups (broad SMARTS) is 1. The number of carbonyl (C=O) groups excluding carboxylic acids is 4. The zero-order chi connectivity index (χ0) is 22.8. The van der Waals surface area contributed by atoms with Crippen LogP contribution in [0.3, 0.4) is 0 Å². The molecule has 1 amide bonds. The second kappa shape index (κ2) is 11.4. The lowest BCUT2D eigenvalue weighted by Crippen LogP contribution is -2.50. The van der Waals surface area contributed by atoms with E-state index in [1.807, 2.05) is 18.3 Å². The maximum Gasteiger partial charge on any atom is 0.373 e. The Labute approximate surface area is 178 Å². The summed E-state index contributed by atoms with van der Waals surface area (Å²) in [6, 6.07) is 7.44. The summed E-state index contributed by atoms with van der Waals surface area (Å²) in [5, 5.41) is 14.3. The third kappa shape index (κ3) is 6.90. The van der Waals surface area contributed by atoms with Crippen LogP contribution in [0.25, 0.3) is 0 Å². The molecule has 0 saturated carbocycles. The summed E-state index contributed by atoms with van der Waals surface area (Å²) in [7, 11) is 0. The molecule has 2 aliphatic rings. The van der Waals surface area contributed by atoms with E-state index in [0.29, 0.717) is 31.2 Å². The third-order valence-corrected chi connectivity index (χ3v) is 4.99. The van der Waals surface area contributed by atoms with E-state index in [-0.39, 0.29) is 42.3 Å². The number of aryl methyl sites for hydroxylation is 1. The van der Waals surface area contributed by atoms with Crippen LogP contribution in [-0.4, -0.2) is 41.0 Å². The highest BCUT2D eigenvalue weighted by Gasteiger charge is 2.38. The van der Waals surface area contributed by atoms with Crippen molar-refractivity contribution in [3.8, 4) is 0 Å². The Morgan fingerprint density at radius 2 is 1.74 bits per heavy atom. The predicted octanol–water partition coefficient (Wildman–Crippen LogP) is 0.737. The number of aliphatic imine (C=N–C) groups is 1. The molecule has 1 aromatic rings. The summed E-state index contributed by atoms with van der Waals surface area (Å²) in [5.74, 6) is -1.15. The topological polar surface area (TPSA) is 168 Å². The molecule has 0 aromatic heterocycles. The number of ketones is 1. The molecule has 0 spiro atoms. The Morgan fingerprint density at radius 1 is 1.10 bits per heavy atom. The van der Waals surface area contributed by atoms with E-state index in [4.69, 9.17) is 20.4 Å². The fourth-order valence-electron chi connectivity index (χ4n) is 3.47. The molecule has 5 N–H and O–H groups in total. The molecule has 164 valence electrons. The summed E-state index contributed by atoms with van der Waals surface area (Å²) in [6.07, 6.45) is 4.74. The fourth-order valence-corrected chi connectivity index (χ4v) is 3.47. The molecule has 10 heteroatoms. The van der Waals surface area contributed by atoms with Crippen molar-refractivity contribution in [2.45, 2.75) is 44.7 Å². The van der Waals surface area contributed by atoms with Gasteiger partial charge in [-0.25, -0.2) is 4.99 Å². The van der Waals surface area contributed by atoms with Crippen LogP contribution in [0.4, 0.5) is 0 Å². The largest absolute Gasteiger partial charge is 0.481 e. The van der Waals surface area contributed by atoms with Crippen molar-refractivity contribution in [1.82, 2.24) is 10.6 Å². The van der Waals surface area contributed by atoms with Crippen LogP contribution in [0.1, 0.15) is 48.0 Å². The molecule has 0 bridgehead atoms. The molecule has 3 rings (SSSR count). The number of guanidine groups is 1. The van der Waals surface area contributed by atoms with E-state index in [1.54, 1.807) is 12.1 Å². The van der Waals surface area contributed by atoms with Gasteiger partial charge in [0.2, 0.25) is 5.91 Å². The van der Waals surface area contributed by atoms with Gasteiger partial charge in [0.1, 0.15) is 12.1 Å². The molecule has 2 aliphatic heterocycles.